The molecule has 9 nitrogen and oxygen atoms in total. The molecular weight excluding hydrogens is 450 g/mol. The Kier molecular flexibility index (Phi) is 6.11. The molecule has 0 amide bonds. The number of hydrogen-bond donors (Lipinski definition) is 2. The zero-order valence-corrected chi connectivity index (χ0v) is 19.9. The van der Waals surface area contributed by atoms with Gasteiger partial charge in [0.25, 0.3) is 0 Å². The maximum Gasteiger partial charge on any atom is 0.317 e. The summed E-state index contributed by atoms with van der Waals surface area (Å²) < 4.78 is 11.5. The van der Waals surface area contributed by atoms with Crippen LogP contribution < -0.4 is 15.4 Å². The minimum atomic E-state index is 0.171. The number of anilines is 2. The van der Waals surface area contributed by atoms with Crippen molar-refractivity contribution in [2.45, 2.75) is 50.5 Å². The largest absolute Gasteiger partial charge is 0.460 e. The lowest BCUT2D eigenvalue weighted by atomic mass is 9.72. The molecule has 1 spiro atoms. The van der Waals surface area contributed by atoms with E-state index >= 15 is 0 Å². The summed E-state index contributed by atoms with van der Waals surface area (Å²) >= 11 is 1.51. The molecule has 2 N–H and O–H groups in total. The highest BCUT2D eigenvalue weighted by atomic mass is 32.1. The summed E-state index contributed by atoms with van der Waals surface area (Å²) in [6, 6.07) is 2.32. The summed E-state index contributed by atoms with van der Waals surface area (Å²) in [4.78, 5) is 23.4. The van der Waals surface area contributed by atoms with Crippen molar-refractivity contribution in [1.29, 1.82) is 0 Å². The minimum absolute atomic E-state index is 0.171. The maximum absolute atomic E-state index is 6.12. The van der Waals surface area contributed by atoms with Crippen molar-refractivity contribution in [3.63, 3.8) is 0 Å². The molecule has 0 unspecified atom stereocenters. The quantitative estimate of drug-likeness (QED) is 0.543. The predicted octanol–water partition coefficient (Wildman–Crippen LogP) is 3.94. The number of ether oxygens (including phenoxy) is 2. The average molecular weight is 480 g/mol. The first kappa shape index (κ1) is 21.8. The molecule has 34 heavy (non-hydrogen) atoms. The van der Waals surface area contributed by atoms with Crippen molar-refractivity contribution in [2.75, 3.05) is 31.6 Å². The van der Waals surface area contributed by atoms with Gasteiger partial charge in [-0.15, -0.1) is 0 Å². The van der Waals surface area contributed by atoms with Crippen LogP contribution in [0.2, 0.25) is 0 Å². The van der Waals surface area contributed by atoms with Crippen molar-refractivity contribution in [3.8, 4) is 16.6 Å². The molecule has 1 aliphatic carbocycles. The molecule has 3 fully saturated rings. The van der Waals surface area contributed by atoms with Crippen LogP contribution in [0.4, 0.5) is 11.1 Å². The summed E-state index contributed by atoms with van der Waals surface area (Å²) in [6.07, 6.45) is 14.2. The fraction of sp³-hybridized carbons (Fsp3) is 0.542. The standard InChI is InChI=1S/C24H29N7O2S/c1-6-24(14-32-15-24)7-2-18(1)33-22-26-10-5-19(30-22)20-13-29-23(34-20)31-21-27-11-17(12-28-21)16-3-8-25-9-4-16/h5,10-13,16,18,25H,1-4,6-9,14-15H2,(H,27,28,29,31). The number of piperidine rings is 1. The summed E-state index contributed by atoms with van der Waals surface area (Å²) in [5, 5.41) is 7.33. The Bertz CT molecular complexity index is 1100. The Morgan fingerprint density at radius 2 is 1.79 bits per heavy atom. The number of thiazole rings is 1. The fourth-order valence-corrected chi connectivity index (χ4v) is 5.78. The first-order chi connectivity index (χ1) is 16.7. The van der Waals surface area contributed by atoms with E-state index in [4.69, 9.17) is 9.47 Å². The first-order valence-corrected chi connectivity index (χ1v) is 12.9. The molecule has 3 aromatic rings. The molecule has 10 heteroatoms. The van der Waals surface area contributed by atoms with E-state index in [1.165, 1.54) is 16.9 Å². The molecule has 0 radical (unpaired) electrons. The van der Waals surface area contributed by atoms with Crippen LogP contribution >= 0.6 is 11.3 Å². The van der Waals surface area contributed by atoms with Gasteiger partial charge in [-0.05, 0) is 69.2 Å². The van der Waals surface area contributed by atoms with Gasteiger partial charge in [-0.1, -0.05) is 11.3 Å². The molecule has 3 aliphatic rings. The summed E-state index contributed by atoms with van der Waals surface area (Å²) in [7, 11) is 0. The zero-order valence-electron chi connectivity index (χ0n) is 19.1. The van der Waals surface area contributed by atoms with Gasteiger partial charge in [0.2, 0.25) is 5.95 Å². The third-order valence-corrected chi connectivity index (χ3v) is 8.11. The van der Waals surface area contributed by atoms with Gasteiger partial charge in [0.05, 0.1) is 23.8 Å². The summed E-state index contributed by atoms with van der Waals surface area (Å²) in [5.74, 6) is 1.09. The lowest BCUT2D eigenvalue weighted by Crippen LogP contribution is -2.46. The van der Waals surface area contributed by atoms with E-state index < -0.39 is 0 Å². The third kappa shape index (κ3) is 4.75. The zero-order chi connectivity index (χ0) is 22.8. The number of rotatable bonds is 6. The van der Waals surface area contributed by atoms with Gasteiger partial charge in [-0.2, -0.15) is 4.98 Å². The summed E-state index contributed by atoms with van der Waals surface area (Å²) in [6.45, 7) is 3.92. The highest BCUT2D eigenvalue weighted by Gasteiger charge is 2.42. The van der Waals surface area contributed by atoms with Crippen molar-refractivity contribution in [3.05, 3.63) is 36.4 Å². The molecule has 0 bridgehead atoms. The van der Waals surface area contributed by atoms with Crippen LogP contribution in [0, 0.1) is 5.41 Å². The van der Waals surface area contributed by atoms with Crippen LogP contribution in [0.15, 0.2) is 30.9 Å². The van der Waals surface area contributed by atoms with Gasteiger partial charge in [0, 0.05) is 30.2 Å². The van der Waals surface area contributed by atoms with E-state index in [2.05, 4.69) is 35.6 Å². The minimum Gasteiger partial charge on any atom is -0.460 e. The highest BCUT2D eigenvalue weighted by molar-refractivity contribution is 7.18. The van der Waals surface area contributed by atoms with E-state index in [0.29, 0.717) is 23.3 Å². The van der Waals surface area contributed by atoms with Gasteiger partial charge in [0.1, 0.15) is 6.10 Å². The Morgan fingerprint density at radius 3 is 2.53 bits per heavy atom. The molecule has 2 aliphatic heterocycles. The van der Waals surface area contributed by atoms with Crippen molar-refractivity contribution in [2.24, 2.45) is 5.41 Å². The molecule has 3 aromatic heterocycles. The van der Waals surface area contributed by atoms with Crippen LogP contribution in [0.5, 0.6) is 6.01 Å². The molecule has 1 saturated carbocycles. The van der Waals surface area contributed by atoms with E-state index in [0.717, 1.165) is 80.5 Å². The first-order valence-electron chi connectivity index (χ1n) is 12.1. The molecule has 2 saturated heterocycles. The lowest BCUT2D eigenvalue weighted by Gasteiger charge is -2.45. The maximum atomic E-state index is 6.12. The molecule has 0 atom stereocenters. The normalized spacial score (nSPS) is 20.7. The Morgan fingerprint density at radius 1 is 1.00 bits per heavy atom. The second-order valence-electron chi connectivity index (χ2n) is 9.55. The monoisotopic (exact) mass is 479 g/mol. The van der Waals surface area contributed by atoms with E-state index in [1.807, 2.05) is 24.7 Å². The van der Waals surface area contributed by atoms with Crippen LogP contribution in [-0.2, 0) is 4.74 Å². The van der Waals surface area contributed by atoms with Crippen LogP contribution in [-0.4, -0.2) is 57.3 Å². The number of nitrogens with one attached hydrogen (secondary N) is 2. The third-order valence-electron chi connectivity index (χ3n) is 7.17. The van der Waals surface area contributed by atoms with Crippen molar-refractivity contribution in [1.82, 2.24) is 30.2 Å². The molecule has 0 aromatic carbocycles. The lowest BCUT2D eigenvalue weighted by molar-refractivity contribution is -0.140. The van der Waals surface area contributed by atoms with E-state index in [9.17, 15) is 0 Å². The Labute approximate surface area is 202 Å². The van der Waals surface area contributed by atoms with E-state index in [1.54, 1.807) is 6.20 Å². The van der Waals surface area contributed by atoms with Crippen molar-refractivity contribution >= 4 is 22.4 Å². The number of hydrogen-bond acceptors (Lipinski definition) is 10. The fourth-order valence-electron chi connectivity index (χ4n) is 5.00. The average Bonchev–Trinajstić information content (AvgIpc) is 3.33. The van der Waals surface area contributed by atoms with Gasteiger partial charge >= 0.3 is 6.01 Å². The molecule has 178 valence electrons. The second kappa shape index (κ2) is 9.52. The summed E-state index contributed by atoms with van der Waals surface area (Å²) in [5.41, 5.74) is 2.42. The number of aromatic nitrogens is 5. The van der Waals surface area contributed by atoms with Crippen LogP contribution in [0.1, 0.15) is 50.0 Å². The van der Waals surface area contributed by atoms with E-state index in [-0.39, 0.29) is 6.10 Å². The molecule has 6 rings (SSSR count). The molecule has 5 heterocycles. The van der Waals surface area contributed by atoms with Gasteiger partial charge in [-0.25, -0.2) is 19.9 Å². The van der Waals surface area contributed by atoms with Crippen molar-refractivity contribution < 1.29 is 9.47 Å². The SMILES string of the molecule is c1cc(-c2cnc(Nc3ncc(C4CCNCC4)cn3)s2)nc(OC2CCC3(CC2)COC3)n1. The predicted molar refractivity (Wildman–Crippen MR) is 129 cm³/mol. The number of nitrogens with zero attached hydrogens (tertiary/aromatic N) is 5. The van der Waals surface area contributed by atoms with Crippen LogP contribution in [0.25, 0.3) is 10.6 Å². The highest BCUT2D eigenvalue weighted by Crippen LogP contribution is 2.43. The van der Waals surface area contributed by atoms with Crippen LogP contribution in [0.3, 0.4) is 0 Å². The molecular formula is C24H29N7O2S. The smallest absolute Gasteiger partial charge is 0.317 e. The second-order valence-corrected chi connectivity index (χ2v) is 10.6. The Hall–Kier alpha value is -2.69. The van der Waals surface area contributed by atoms with Gasteiger partial charge in [0.15, 0.2) is 5.13 Å². The van der Waals surface area contributed by atoms with Gasteiger partial charge < -0.3 is 20.1 Å². The Balaban J connectivity index is 1.07. The van der Waals surface area contributed by atoms with Gasteiger partial charge in [-0.3, -0.25) is 0 Å². The topological polar surface area (TPSA) is 107 Å².